The molecule has 70 valence electrons. The first kappa shape index (κ1) is 10.3. The monoisotopic (exact) mass is 309 g/mol. The first-order chi connectivity index (χ1) is 5.95. The lowest BCUT2D eigenvalue weighted by molar-refractivity contribution is 0.0696. The number of hydrogen-bond donors (Lipinski definition) is 3. The number of carboxylic acid groups (broad SMARTS) is 1. The molecule has 0 atom stereocenters. The molecule has 1 aromatic rings. The van der Waals surface area contributed by atoms with Crippen LogP contribution in [0.3, 0.4) is 0 Å². The van der Waals surface area contributed by atoms with Crippen LogP contribution >= 0.6 is 31.9 Å². The molecule has 1 rings (SSSR count). The lowest BCUT2D eigenvalue weighted by Crippen LogP contribution is -2.04. The zero-order chi connectivity index (χ0) is 10.2. The van der Waals surface area contributed by atoms with Crippen LogP contribution in [0.2, 0.25) is 0 Å². The lowest BCUT2D eigenvalue weighted by Gasteiger charge is -2.07. The first-order valence-electron chi connectivity index (χ1n) is 3.15. The van der Waals surface area contributed by atoms with Gasteiger partial charge in [-0.3, -0.25) is 0 Å². The predicted octanol–water partition coefficient (Wildman–Crippen LogP) is 2.20. The third-order valence-electron chi connectivity index (χ3n) is 1.46. The number of anilines is 1. The van der Waals surface area contributed by atoms with Crippen LogP contribution in [0.25, 0.3) is 0 Å². The van der Waals surface area contributed by atoms with E-state index in [0.29, 0.717) is 8.95 Å². The van der Waals surface area contributed by atoms with Crippen LogP contribution in [-0.4, -0.2) is 16.2 Å². The summed E-state index contributed by atoms with van der Waals surface area (Å²) < 4.78 is 0.670. The summed E-state index contributed by atoms with van der Waals surface area (Å²) in [5.74, 6) is -1.45. The summed E-state index contributed by atoms with van der Waals surface area (Å²) in [6.07, 6.45) is 0. The largest absolute Gasteiger partial charge is 0.505 e. The zero-order valence-corrected chi connectivity index (χ0v) is 9.39. The molecule has 0 unspecified atom stereocenters. The fourth-order valence-corrected chi connectivity index (χ4v) is 2.21. The first-order valence-corrected chi connectivity index (χ1v) is 4.73. The molecule has 6 heteroatoms. The van der Waals surface area contributed by atoms with Gasteiger partial charge in [0.2, 0.25) is 0 Å². The standard InChI is InChI=1S/C7H5Br2NO3/c8-2-1-3(9)6(11)5(10)4(2)7(12)13/h1,11H,10H2,(H,12,13). The molecule has 0 bridgehead atoms. The Morgan fingerprint density at radius 1 is 1.38 bits per heavy atom. The average Bonchev–Trinajstić information content (AvgIpc) is 1.99. The van der Waals surface area contributed by atoms with E-state index in [-0.39, 0.29) is 17.0 Å². The minimum absolute atomic E-state index is 0.138. The number of aromatic hydroxyl groups is 1. The van der Waals surface area contributed by atoms with E-state index in [2.05, 4.69) is 31.9 Å². The van der Waals surface area contributed by atoms with Crippen LogP contribution in [0, 0.1) is 0 Å². The number of nitrogen functional groups attached to an aromatic ring is 1. The molecule has 0 radical (unpaired) electrons. The maximum absolute atomic E-state index is 10.7. The van der Waals surface area contributed by atoms with Crippen LogP contribution in [0.4, 0.5) is 5.69 Å². The molecule has 0 spiro atoms. The normalized spacial score (nSPS) is 10.0. The van der Waals surface area contributed by atoms with E-state index in [1.807, 2.05) is 0 Å². The second-order valence-electron chi connectivity index (χ2n) is 2.28. The maximum atomic E-state index is 10.7. The van der Waals surface area contributed by atoms with Crippen molar-refractivity contribution in [2.75, 3.05) is 5.73 Å². The van der Waals surface area contributed by atoms with E-state index >= 15 is 0 Å². The number of nitrogens with two attached hydrogens (primary N) is 1. The van der Waals surface area contributed by atoms with E-state index in [1.54, 1.807) is 0 Å². The van der Waals surface area contributed by atoms with Gasteiger partial charge in [-0.1, -0.05) is 0 Å². The molecule has 0 fully saturated rings. The van der Waals surface area contributed by atoms with Crippen molar-refractivity contribution in [2.45, 2.75) is 0 Å². The molecular formula is C7H5Br2NO3. The van der Waals surface area contributed by atoms with E-state index in [0.717, 1.165) is 0 Å². The van der Waals surface area contributed by atoms with Crippen LogP contribution < -0.4 is 5.73 Å². The van der Waals surface area contributed by atoms with E-state index in [9.17, 15) is 9.90 Å². The minimum atomic E-state index is -1.19. The number of carboxylic acids is 1. The lowest BCUT2D eigenvalue weighted by atomic mass is 10.1. The van der Waals surface area contributed by atoms with Gasteiger partial charge in [-0.15, -0.1) is 0 Å². The molecule has 0 aliphatic carbocycles. The Hall–Kier alpha value is -0.750. The van der Waals surface area contributed by atoms with Crippen LogP contribution in [0.5, 0.6) is 5.75 Å². The van der Waals surface area contributed by atoms with Crippen molar-refractivity contribution in [1.82, 2.24) is 0 Å². The number of carbonyl (C=O) groups is 1. The molecule has 13 heavy (non-hydrogen) atoms. The smallest absolute Gasteiger partial charge is 0.339 e. The van der Waals surface area contributed by atoms with Gasteiger partial charge >= 0.3 is 5.97 Å². The summed E-state index contributed by atoms with van der Waals surface area (Å²) in [5.41, 5.74) is 5.10. The number of aromatic carboxylic acids is 1. The molecule has 0 aliphatic rings. The Labute approximate surface area is 90.6 Å². The molecule has 0 saturated heterocycles. The molecule has 0 aliphatic heterocycles. The molecule has 4 N–H and O–H groups in total. The highest BCUT2D eigenvalue weighted by molar-refractivity contribution is 9.11. The van der Waals surface area contributed by atoms with Crippen molar-refractivity contribution in [2.24, 2.45) is 0 Å². The quantitative estimate of drug-likeness (QED) is 0.548. The Balaban J connectivity index is 3.53. The van der Waals surface area contributed by atoms with Gasteiger partial charge < -0.3 is 15.9 Å². The zero-order valence-electron chi connectivity index (χ0n) is 6.21. The highest BCUT2D eigenvalue weighted by Crippen LogP contribution is 2.37. The van der Waals surface area contributed by atoms with Crippen molar-refractivity contribution in [3.63, 3.8) is 0 Å². The third kappa shape index (κ3) is 1.78. The number of hydrogen-bond acceptors (Lipinski definition) is 3. The van der Waals surface area contributed by atoms with Crippen molar-refractivity contribution in [3.8, 4) is 5.75 Å². The number of halogens is 2. The summed E-state index contributed by atoms with van der Waals surface area (Å²) in [6.45, 7) is 0. The van der Waals surface area contributed by atoms with Gasteiger partial charge in [0.1, 0.15) is 5.56 Å². The van der Waals surface area contributed by atoms with Crippen molar-refractivity contribution >= 4 is 43.5 Å². The Morgan fingerprint density at radius 3 is 2.38 bits per heavy atom. The fourth-order valence-electron chi connectivity index (χ4n) is 0.845. The Kier molecular flexibility index (Phi) is 2.82. The van der Waals surface area contributed by atoms with Gasteiger partial charge in [0.15, 0.2) is 5.75 Å². The highest BCUT2D eigenvalue weighted by atomic mass is 79.9. The van der Waals surface area contributed by atoms with Crippen molar-refractivity contribution in [3.05, 3.63) is 20.6 Å². The number of rotatable bonds is 1. The number of benzene rings is 1. The molecular weight excluding hydrogens is 306 g/mol. The molecule has 0 amide bonds. The average molecular weight is 311 g/mol. The molecule has 0 aromatic heterocycles. The van der Waals surface area contributed by atoms with Crippen LogP contribution in [0.1, 0.15) is 10.4 Å². The van der Waals surface area contributed by atoms with Gasteiger partial charge in [-0.2, -0.15) is 0 Å². The second-order valence-corrected chi connectivity index (χ2v) is 3.99. The van der Waals surface area contributed by atoms with Gasteiger partial charge in [0.25, 0.3) is 0 Å². The minimum Gasteiger partial charge on any atom is -0.505 e. The van der Waals surface area contributed by atoms with Gasteiger partial charge in [0.05, 0.1) is 10.2 Å². The SMILES string of the molecule is Nc1c(O)c(Br)cc(Br)c1C(=O)O. The molecule has 1 aromatic carbocycles. The number of phenols is 1. The third-order valence-corrected chi connectivity index (χ3v) is 2.69. The van der Waals surface area contributed by atoms with Crippen molar-refractivity contribution < 1.29 is 15.0 Å². The number of phenolic OH excluding ortho intramolecular Hbond substituents is 1. The Bertz CT molecular complexity index is 378. The summed E-state index contributed by atoms with van der Waals surface area (Å²) >= 11 is 6.06. The summed E-state index contributed by atoms with van der Waals surface area (Å²) in [6, 6.07) is 1.43. The summed E-state index contributed by atoms with van der Waals surface area (Å²) in [7, 11) is 0. The topological polar surface area (TPSA) is 83.5 Å². The summed E-state index contributed by atoms with van der Waals surface area (Å²) in [4.78, 5) is 10.7. The van der Waals surface area contributed by atoms with Crippen LogP contribution in [-0.2, 0) is 0 Å². The van der Waals surface area contributed by atoms with Gasteiger partial charge in [-0.05, 0) is 37.9 Å². The highest BCUT2D eigenvalue weighted by Gasteiger charge is 2.17. The predicted molar refractivity (Wildman–Crippen MR) is 54.9 cm³/mol. The molecule has 4 nitrogen and oxygen atoms in total. The second kappa shape index (κ2) is 3.55. The van der Waals surface area contributed by atoms with E-state index < -0.39 is 5.97 Å². The fraction of sp³-hybridized carbons (Fsp3) is 0. The van der Waals surface area contributed by atoms with Gasteiger partial charge in [0, 0.05) is 4.47 Å². The van der Waals surface area contributed by atoms with Crippen LogP contribution in [0.15, 0.2) is 15.0 Å². The molecule has 0 saturated carbocycles. The van der Waals surface area contributed by atoms with Crippen molar-refractivity contribution in [1.29, 1.82) is 0 Å². The molecule has 0 heterocycles. The van der Waals surface area contributed by atoms with E-state index in [1.165, 1.54) is 6.07 Å². The summed E-state index contributed by atoms with van der Waals surface area (Å²) in [5, 5.41) is 18.0. The Morgan fingerprint density at radius 2 is 1.92 bits per heavy atom. The van der Waals surface area contributed by atoms with E-state index in [4.69, 9.17) is 10.8 Å². The van der Waals surface area contributed by atoms with Gasteiger partial charge in [-0.25, -0.2) is 4.79 Å². The maximum Gasteiger partial charge on any atom is 0.339 e.